The van der Waals surface area contributed by atoms with E-state index in [1.165, 1.54) is 0 Å². The predicted octanol–water partition coefficient (Wildman–Crippen LogP) is 0.935. The molecule has 0 unspecified atom stereocenters. The number of benzene rings is 1. The number of carboxylic acids is 1. The number of carboxylic acid groups (broad SMARTS) is 1. The zero-order valence-electron chi connectivity index (χ0n) is 16.5. The molecule has 0 radical (unpaired) electrons. The lowest BCUT2D eigenvalue weighted by Gasteiger charge is -2.31. The number of aliphatic carboxylic acids is 1. The van der Waals surface area contributed by atoms with Crippen LogP contribution in [0, 0.1) is 17.8 Å². The van der Waals surface area contributed by atoms with Gasteiger partial charge in [0.15, 0.2) is 0 Å². The normalized spacial score (nSPS) is 17.7. The van der Waals surface area contributed by atoms with Crippen LogP contribution in [-0.4, -0.2) is 60.0 Å². The molecular weight excluding hydrogens is 423 g/mol. The Hall–Kier alpha value is -3.30. The number of ether oxygens (including phenoxy) is 1. The van der Waals surface area contributed by atoms with Crippen LogP contribution in [0.2, 0.25) is 0 Å². The number of piperidine rings is 1. The summed E-state index contributed by atoms with van der Waals surface area (Å²) in [5.74, 6) is 2.18. The molecule has 5 N–H and O–H groups in total. The van der Waals surface area contributed by atoms with Gasteiger partial charge in [-0.3, -0.25) is 14.8 Å². The molecule has 2 amide bonds. The molecule has 1 heterocycles. The van der Waals surface area contributed by atoms with Crippen LogP contribution in [0.4, 0.5) is 13.2 Å². The minimum Gasteiger partial charge on any atom is -0.481 e. The lowest BCUT2D eigenvalue weighted by atomic mass is 9.91. The van der Waals surface area contributed by atoms with Gasteiger partial charge in [-0.25, -0.2) is 10.3 Å². The number of hydrogen-bond acceptors (Lipinski definition) is 6. The largest absolute Gasteiger partial charge is 0.490 e. The van der Waals surface area contributed by atoms with Gasteiger partial charge in [-0.05, 0) is 44.2 Å². The highest BCUT2D eigenvalue weighted by atomic mass is 19.4. The van der Waals surface area contributed by atoms with E-state index in [1.54, 1.807) is 36.7 Å². The van der Waals surface area contributed by atoms with Gasteiger partial charge in [0.2, 0.25) is 5.91 Å². The summed E-state index contributed by atoms with van der Waals surface area (Å²) in [4.78, 5) is 32.9. The molecule has 170 valence electrons. The molecule has 9 nitrogen and oxygen atoms in total. The molecule has 1 aliphatic rings. The van der Waals surface area contributed by atoms with E-state index in [-0.39, 0.29) is 11.9 Å². The Kier molecular flexibility index (Phi) is 10.3. The molecule has 2 rings (SSSR count). The molecule has 0 spiro atoms. The van der Waals surface area contributed by atoms with E-state index in [2.05, 4.69) is 22.5 Å². The maximum absolute atomic E-state index is 12.3. The third-order valence-corrected chi connectivity index (χ3v) is 4.09. The molecule has 1 saturated heterocycles. The average Bonchev–Trinajstić information content (AvgIpc) is 2.74. The van der Waals surface area contributed by atoms with Crippen molar-refractivity contribution in [2.24, 2.45) is 5.92 Å². The number of carbonyl (C=O) groups excluding carboxylic acids is 2. The molecule has 0 aromatic heterocycles. The van der Waals surface area contributed by atoms with Crippen LogP contribution in [0.25, 0.3) is 0 Å². The molecule has 0 bridgehead atoms. The topological polar surface area (TPSA) is 137 Å². The Morgan fingerprint density at radius 1 is 1.26 bits per heavy atom. The van der Waals surface area contributed by atoms with Gasteiger partial charge in [0.05, 0.1) is 12.0 Å². The van der Waals surface area contributed by atoms with Gasteiger partial charge in [-0.1, -0.05) is 5.92 Å². The molecule has 0 saturated carbocycles. The van der Waals surface area contributed by atoms with Crippen molar-refractivity contribution in [3.05, 3.63) is 29.8 Å². The molecule has 1 aliphatic heterocycles. The van der Waals surface area contributed by atoms with E-state index in [9.17, 15) is 22.8 Å². The number of hydroxylamine groups is 1. The van der Waals surface area contributed by atoms with Crippen molar-refractivity contribution in [3.8, 4) is 17.6 Å². The van der Waals surface area contributed by atoms with E-state index in [4.69, 9.17) is 19.8 Å². The molecule has 31 heavy (non-hydrogen) atoms. The van der Waals surface area contributed by atoms with Crippen LogP contribution in [-0.2, 0) is 9.59 Å². The first-order chi connectivity index (χ1) is 14.6. The second-order valence-electron chi connectivity index (χ2n) is 6.20. The number of amides is 2. The van der Waals surface area contributed by atoms with E-state index in [0.29, 0.717) is 37.4 Å². The highest BCUT2D eigenvalue weighted by molar-refractivity contribution is 5.95. The van der Waals surface area contributed by atoms with Crippen molar-refractivity contribution in [1.82, 2.24) is 16.1 Å². The average molecular weight is 445 g/mol. The fourth-order valence-electron chi connectivity index (χ4n) is 2.55. The first kappa shape index (κ1) is 25.7. The zero-order valence-corrected chi connectivity index (χ0v) is 16.5. The number of alkyl halides is 3. The van der Waals surface area contributed by atoms with Crippen molar-refractivity contribution in [3.63, 3.8) is 0 Å². The summed E-state index contributed by atoms with van der Waals surface area (Å²) >= 11 is 0. The number of hydrogen-bond donors (Lipinski definition) is 5. The minimum atomic E-state index is -5.08. The van der Waals surface area contributed by atoms with Crippen molar-refractivity contribution < 1.29 is 42.6 Å². The van der Waals surface area contributed by atoms with Gasteiger partial charge in [0, 0.05) is 12.1 Å². The van der Waals surface area contributed by atoms with Gasteiger partial charge in [0.25, 0.3) is 5.91 Å². The first-order valence-corrected chi connectivity index (χ1v) is 8.98. The first-order valence-electron chi connectivity index (χ1n) is 8.98. The van der Waals surface area contributed by atoms with Gasteiger partial charge in [0.1, 0.15) is 12.4 Å². The van der Waals surface area contributed by atoms with Crippen molar-refractivity contribution in [1.29, 1.82) is 0 Å². The monoisotopic (exact) mass is 445 g/mol. The Bertz CT molecular complexity index is 818. The van der Waals surface area contributed by atoms with Crippen molar-refractivity contribution >= 4 is 17.8 Å². The van der Waals surface area contributed by atoms with Crippen LogP contribution in [0.3, 0.4) is 0 Å². The fourth-order valence-corrected chi connectivity index (χ4v) is 2.55. The molecule has 1 aromatic rings. The molecule has 12 heteroatoms. The Labute approximate surface area is 175 Å². The van der Waals surface area contributed by atoms with Crippen molar-refractivity contribution in [2.75, 3.05) is 19.7 Å². The van der Waals surface area contributed by atoms with E-state index in [1.807, 2.05) is 0 Å². The summed E-state index contributed by atoms with van der Waals surface area (Å²) in [5.41, 5.74) is 2.13. The van der Waals surface area contributed by atoms with E-state index in [0.717, 1.165) is 0 Å². The van der Waals surface area contributed by atoms with Crippen LogP contribution < -0.4 is 20.9 Å². The van der Waals surface area contributed by atoms with Gasteiger partial charge >= 0.3 is 12.1 Å². The van der Waals surface area contributed by atoms with Crippen LogP contribution >= 0.6 is 0 Å². The highest BCUT2D eigenvalue weighted by Crippen LogP contribution is 2.16. The molecule has 2 atom stereocenters. The Morgan fingerprint density at radius 3 is 2.39 bits per heavy atom. The zero-order chi connectivity index (χ0) is 23.4. The number of nitrogens with one attached hydrogen (secondary N) is 3. The third-order valence-electron chi connectivity index (χ3n) is 4.09. The number of carbonyl (C=O) groups is 3. The summed E-state index contributed by atoms with van der Waals surface area (Å²) in [7, 11) is 0. The molecule has 1 aromatic carbocycles. The minimum absolute atomic E-state index is 0.278. The maximum Gasteiger partial charge on any atom is 0.490 e. The van der Waals surface area contributed by atoms with E-state index < -0.39 is 24.0 Å². The quantitative estimate of drug-likeness (QED) is 0.258. The van der Waals surface area contributed by atoms with Gasteiger partial charge in [-0.2, -0.15) is 13.2 Å². The highest BCUT2D eigenvalue weighted by Gasteiger charge is 2.38. The Morgan fingerprint density at radius 2 is 1.87 bits per heavy atom. The summed E-state index contributed by atoms with van der Waals surface area (Å²) in [6.07, 6.45) is -4.54. The lowest BCUT2D eigenvalue weighted by Crippen LogP contribution is -2.55. The third kappa shape index (κ3) is 8.93. The van der Waals surface area contributed by atoms with E-state index >= 15 is 0 Å². The Balaban J connectivity index is 0.000000592. The number of halogens is 3. The standard InChI is InChI=1S/C17H21N3O4.C2HF3O2/c1-2-3-10-24-13-6-4-12(5-7-13)16(21)19-15-11-18-9-8-14(15)17(22)20-23;3-2(4,5)1(6)7/h4-7,14-15,18,23H,8-11H2,1H3,(H,19,21)(H,20,22);(H,6,7)/t14-,15+;/m0./s1. The fraction of sp³-hybridized carbons (Fsp3) is 0.421. The predicted molar refractivity (Wildman–Crippen MR) is 101 cm³/mol. The second kappa shape index (κ2) is 12.4. The smallest absolute Gasteiger partial charge is 0.481 e. The maximum atomic E-state index is 12.3. The van der Waals surface area contributed by atoms with Crippen LogP contribution in [0.5, 0.6) is 5.75 Å². The molecule has 0 aliphatic carbocycles. The van der Waals surface area contributed by atoms with Gasteiger partial charge < -0.3 is 20.5 Å². The van der Waals surface area contributed by atoms with Gasteiger partial charge in [-0.15, -0.1) is 5.92 Å². The molecular formula is C19H22F3N3O6. The summed E-state index contributed by atoms with van der Waals surface area (Å²) in [6, 6.07) is 6.32. The van der Waals surface area contributed by atoms with Crippen LogP contribution in [0.15, 0.2) is 24.3 Å². The van der Waals surface area contributed by atoms with Crippen LogP contribution in [0.1, 0.15) is 23.7 Å². The number of rotatable bonds is 5. The second-order valence-corrected chi connectivity index (χ2v) is 6.20. The SMILES string of the molecule is CC#CCOc1ccc(C(=O)N[C@@H]2CNCC[C@@H]2C(=O)NO)cc1.O=C(O)C(F)(F)F. The summed E-state index contributed by atoms with van der Waals surface area (Å²) in [5, 5.41) is 21.9. The summed E-state index contributed by atoms with van der Waals surface area (Å²) in [6.45, 7) is 3.17. The lowest BCUT2D eigenvalue weighted by molar-refractivity contribution is -0.192. The summed E-state index contributed by atoms with van der Waals surface area (Å²) < 4.78 is 37.1. The molecule has 1 fully saturated rings. The van der Waals surface area contributed by atoms with Crippen molar-refractivity contribution in [2.45, 2.75) is 25.6 Å².